The number of aliphatic hydroxyl groups excluding tert-OH is 1. The van der Waals surface area contributed by atoms with Gasteiger partial charge in [-0.1, -0.05) is 58.8 Å². The Labute approximate surface area is 146 Å². The molecule has 0 saturated carbocycles. The van der Waals surface area contributed by atoms with Gasteiger partial charge in [-0.05, 0) is 19.3 Å². The average molecular weight is 316 g/mol. The predicted molar refractivity (Wildman–Crippen MR) is 77.0 cm³/mol. The molecule has 0 rings (SSSR count). The smallest absolute Gasteiger partial charge is 0.748 e. The van der Waals surface area contributed by atoms with Crippen LogP contribution in [0.4, 0.5) is 0 Å². The van der Waals surface area contributed by atoms with Crippen molar-refractivity contribution in [3.63, 3.8) is 0 Å². The first-order valence-corrected chi connectivity index (χ1v) is 9.01. The molecular formula is C14H29NaO4S. The van der Waals surface area contributed by atoms with Gasteiger partial charge in [-0.15, -0.1) is 0 Å². The Kier molecular flexibility index (Phi) is 15.7. The van der Waals surface area contributed by atoms with Gasteiger partial charge in [0.1, 0.15) is 0 Å². The van der Waals surface area contributed by atoms with Gasteiger partial charge in [-0.2, -0.15) is 0 Å². The third-order valence-electron chi connectivity index (χ3n) is 3.46. The number of aliphatic hydroxyl groups is 1. The van der Waals surface area contributed by atoms with Crippen LogP contribution >= 0.6 is 0 Å². The Morgan fingerprint density at radius 2 is 1.45 bits per heavy atom. The zero-order chi connectivity index (χ0) is 14.7. The van der Waals surface area contributed by atoms with Gasteiger partial charge >= 0.3 is 29.6 Å². The SMILES string of the molecule is CCCCCCC(O)CC(CCCCC)S(=O)(=O)[O-].[Na+]. The molecule has 1 N–H and O–H groups in total. The third-order valence-corrected chi connectivity index (χ3v) is 4.71. The molecule has 0 aliphatic heterocycles. The normalized spacial score (nSPS) is 14.6. The molecule has 0 aromatic carbocycles. The largest absolute Gasteiger partial charge is 1.00 e. The number of hydrogen-bond donors (Lipinski definition) is 1. The molecule has 0 radical (unpaired) electrons. The van der Waals surface area contributed by atoms with Gasteiger partial charge in [-0.25, -0.2) is 8.42 Å². The summed E-state index contributed by atoms with van der Waals surface area (Å²) in [5.74, 6) is 0. The molecule has 6 heteroatoms. The zero-order valence-corrected chi connectivity index (χ0v) is 16.1. The summed E-state index contributed by atoms with van der Waals surface area (Å²) in [5.41, 5.74) is 0. The summed E-state index contributed by atoms with van der Waals surface area (Å²) in [6.07, 6.45) is 7.29. The molecule has 0 saturated heterocycles. The molecule has 0 fully saturated rings. The van der Waals surface area contributed by atoms with Crippen LogP contribution in [0.25, 0.3) is 0 Å². The summed E-state index contributed by atoms with van der Waals surface area (Å²) in [6.45, 7) is 4.15. The van der Waals surface area contributed by atoms with E-state index in [0.717, 1.165) is 44.9 Å². The third kappa shape index (κ3) is 12.6. The quantitative estimate of drug-likeness (QED) is 0.317. The molecule has 2 atom stereocenters. The standard InChI is InChI=1S/C14H30O4S.Na/c1-3-5-7-9-10-13(15)12-14(19(16,17)18)11-8-6-4-2;/h13-15H,3-12H2,1-2H3,(H,16,17,18);/q;+1/p-1. The first-order valence-electron chi connectivity index (χ1n) is 7.54. The van der Waals surface area contributed by atoms with Crippen molar-refractivity contribution in [3.05, 3.63) is 0 Å². The van der Waals surface area contributed by atoms with Crippen LogP contribution in [0, 0.1) is 0 Å². The molecule has 0 aromatic heterocycles. The second kappa shape index (κ2) is 13.5. The van der Waals surface area contributed by atoms with Crippen molar-refractivity contribution in [2.45, 2.75) is 89.4 Å². The van der Waals surface area contributed by atoms with E-state index in [9.17, 15) is 18.1 Å². The van der Waals surface area contributed by atoms with Crippen LogP contribution in [0.1, 0.15) is 78.1 Å². The molecule has 0 aliphatic carbocycles. The van der Waals surface area contributed by atoms with Crippen molar-refractivity contribution < 1.29 is 47.6 Å². The van der Waals surface area contributed by atoms with E-state index in [1.807, 2.05) is 6.92 Å². The maximum absolute atomic E-state index is 11.2. The molecule has 0 spiro atoms. The zero-order valence-electron chi connectivity index (χ0n) is 13.3. The average Bonchev–Trinajstić information content (AvgIpc) is 2.32. The molecule has 0 aromatic rings. The fraction of sp³-hybridized carbons (Fsp3) is 1.00. The number of rotatable bonds is 12. The van der Waals surface area contributed by atoms with E-state index in [1.54, 1.807) is 0 Å². The Morgan fingerprint density at radius 1 is 0.950 bits per heavy atom. The van der Waals surface area contributed by atoms with Gasteiger partial charge in [0.2, 0.25) is 0 Å². The van der Waals surface area contributed by atoms with E-state index in [-0.39, 0.29) is 36.0 Å². The van der Waals surface area contributed by atoms with Gasteiger partial charge in [0.05, 0.1) is 21.5 Å². The molecule has 0 bridgehead atoms. The second-order valence-corrected chi connectivity index (χ2v) is 7.00. The Balaban J connectivity index is 0. The van der Waals surface area contributed by atoms with Crippen molar-refractivity contribution in [3.8, 4) is 0 Å². The van der Waals surface area contributed by atoms with Crippen molar-refractivity contribution >= 4 is 10.1 Å². The molecule has 4 nitrogen and oxygen atoms in total. The van der Waals surface area contributed by atoms with Crippen molar-refractivity contribution in [1.29, 1.82) is 0 Å². The van der Waals surface area contributed by atoms with E-state index >= 15 is 0 Å². The molecule has 0 heterocycles. The van der Waals surface area contributed by atoms with Crippen LogP contribution in [0.3, 0.4) is 0 Å². The molecule has 20 heavy (non-hydrogen) atoms. The number of unbranched alkanes of at least 4 members (excludes halogenated alkanes) is 5. The maximum Gasteiger partial charge on any atom is 1.00 e. The second-order valence-electron chi connectivity index (χ2n) is 5.35. The van der Waals surface area contributed by atoms with Gasteiger partial charge in [-0.3, -0.25) is 0 Å². The van der Waals surface area contributed by atoms with Crippen molar-refractivity contribution in [2.75, 3.05) is 0 Å². The molecule has 0 amide bonds. The summed E-state index contributed by atoms with van der Waals surface area (Å²) >= 11 is 0. The first kappa shape index (κ1) is 23.1. The van der Waals surface area contributed by atoms with E-state index in [1.165, 1.54) is 0 Å². The van der Waals surface area contributed by atoms with E-state index in [0.29, 0.717) is 12.8 Å². The van der Waals surface area contributed by atoms with E-state index in [4.69, 9.17) is 0 Å². The van der Waals surface area contributed by atoms with Crippen LogP contribution in [0.2, 0.25) is 0 Å². The Bertz CT molecular complexity index is 306. The van der Waals surface area contributed by atoms with Gasteiger partial charge in [0.15, 0.2) is 0 Å². The van der Waals surface area contributed by atoms with Crippen LogP contribution in [-0.4, -0.2) is 29.4 Å². The summed E-state index contributed by atoms with van der Waals surface area (Å²) in [4.78, 5) is 0. The van der Waals surface area contributed by atoms with Crippen LogP contribution < -0.4 is 29.6 Å². The molecule has 116 valence electrons. The fourth-order valence-corrected chi connectivity index (χ4v) is 3.14. The van der Waals surface area contributed by atoms with Gasteiger partial charge in [0, 0.05) is 0 Å². The first-order chi connectivity index (χ1) is 8.91. The minimum absolute atomic E-state index is 0. The summed E-state index contributed by atoms with van der Waals surface area (Å²) in [7, 11) is -4.29. The summed E-state index contributed by atoms with van der Waals surface area (Å²) < 4.78 is 33.5. The number of hydrogen-bond acceptors (Lipinski definition) is 4. The topological polar surface area (TPSA) is 77.4 Å². The van der Waals surface area contributed by atoms with E-state index < -0.39 is 21.5 Å². The minimum Gasteiger partial charge on any atom is -0.748 e. The van der Waals surface area contributed by atoms with Crippen molar-refractivity contribution in [2.24, 2.45) is 0 Å². The maximum atomic E-state index is 11.2. The van der Waals surface area contributed by atoms with Gasteiger partial charge in [0.25, 0.3) is 0 Å². The van der Waals surface area contributed by atoms with Crippen LogP contribution in [-0.2, 0) is 10.1 Å². The molecular weight excluding hydrogens is 287 g/mol. The van der Waals surface area contributed by atoms with Crippen molar-refractivity contribution in [1.82, 2.24) is 0 Å². The Morgan fingerprint density at radius 3 is 1.95 bits per heavy atom. The monoisotopic (exact) mass is 316 g/mol. The Hall–Kier alpha value is 0.870. The summed E-state index contributed by atoms with van der Waals surface area (Å²) in [5, 5.41) is 8.92. The van der Waals surface area contributed by atoms with Crippen LogP contribution in [0.15, 0.2) is 0 Å². The van der Waals surface area contributed by atoms with Crippen LogP contribution in [0.5, 0.6) is 0 Å². The fourth-order valence-electron chi connectivity index (χ4n) is 2.23. The summed E-state index contributed by atoms with van der Waals surface area (Å²) in [6, 6.07) is 0. The minimum atomic E-state index is -4.29. The predicted octanol–water partition coefficient (Wildman–Crippen LogP) is 0.206. The van der Waals surface area contributed by atoms with Gasteiger partial charge < -0.3 is 9.66 Å². The molecule has 2 unspecified atom stereocenters. The molecule has 0 aliphatic rings. The van der Waals surface area contributed by atoms with E-state index in [2.05, 4.69) is 6.92 Å².